The number of hydrogen-bond donors (Lipinski definition) is 1. The van der Waals surface area contributed by atoms with Gasteiger partial charge in [-0.05, 0) is 44.4 Å². The number of imidazole rings is 1. The van der Waals surface area contributed by atoms with Gasteiger partial charge in [-0.3, -0.25) is 4.79 Å². The number of aliphatic carboxylic acids is 1. The maximum absolute atomic E-state index is 10.7. The number of nitrogens with zero attached hydrogens (tertiary/aromatic N) is 2. The summed E-state index contributed by atoms with van der Waals surface area (Å²) in [5, 5.41) is 9.68. The highest BCUT2D eigenvalue weighted by molar-refractivity contribution is 7.99. The number of carboxylic acid groups (broad SMARTS) is 1. The predicted octanol–water partition coefficient (Wildman–Crippen LogP) is 2.73. The van der Waals surface area contributed by atoms with Crippen LogP contribution in [0.4, 0.5) is 0 Å². The summed E-state index contributed by atoms with van der Waals surface area (Å²) in [5.74, 6) is 0.922. The van der Waals surface area contributed by atoms with Crippen LogP contribution in [0.5, 0.6) is 0 Å². The minimum absolute atomic E-state index is 0.0957. The Labute approximate surface area is 111 Å². The average molecular weight is 266 g/mol. The summed E-state index contributed by atoms with van der Waals surface area (Å²) in [5.41, 5.74) is 0.995. The van der Waals surface area contributed by atoms with Crippen molar-refractivity contribution in [3.63, 3.8) is 0 Å². The number of carboxylic acids is 1. The monoisotopic (exact) mass is 266 g/mol. The third-order valence-electron chi connectivity index (χ3n) is 3.67. The summed E-state index contributed by atoms with van der Waals surface area (Å²) in [6.07, 6.45) is 7.39. The lowest BCUT2D eigenvalue weighted by atomic mass is 10.1. The van der Waals surface area contributed by atoms with Gasteiger partial charge in [0.1, 0.15) is 0 Å². The van der Waals surface area contributed by atoms with Crippen LogP contribution in [0.3, 0.4) is 0 Å². The Balaban J connectivity index is 1.82. The molecule has 0 amide bonds. The molecule has 0 atom stereocenters. The number of aryl methyl sites for hydroxylation is 1. The van der Waals surface area contributed by atoms with Crippen LogP contribution < -0.4 is 0 Å². The lowest BCUT2D eigenvalue weighted by Gasteiger charge is -2.19. The second-order valence-corrected chi connectivity index (χ2v) is 6.36. The molecule has 2 aliphatic carbocycles. The Morgan fingerprint density at radius 2 is 2.11 bits per heavy atom. The van der Waals surface area contributed by atoms with Crippen molar-refractivity contribution in [1.29, 1.82) is 0 Å². The lowest BCUT2D eigenvalue weighted by molar-refractivity contribution is -0.133. The minimum Gasteiger partial charge on any atom is -0.481 e. The number of carbonyl (C=O) groups is 1. The molecule has 18 heavy (non-hydrogen) atoms. The molecule has 0 spiro atoms. The lowest BCUT2D eigenvalue weighted by Crippen LogP contribution is -2.14. The molecular formula is C13H18N2O2S. The molecule has 1 aromatic rings. The molecule has 2 fully saturated rings. The number of thioether (sulfide) groups is 1. The molecule has 1 heterocycles. The van der Waals surface area contributed by atoms with Crippen LogP contribution in [-0.2, 0) is 4.79 Å². The minimum atomic E-state index is -0.776. The summed E-state index contributed by atoms with van der Waals surface area (Å²) in [6, 6.07) is 0.572. The van der Waals surface area contributed by atoms with Gasteiger partial charge in [0, 0.05) is 12.2 Å². The average Bonchev–Trinajstić information content (AvgIpc) is 3.17. The first-order chi connectivity index (χ1) is 8.65. The highest BCUT2D eigenvalue weighted by Gasteiger charge is 2.43. The first kappa shape index (κ1) is 12.1. The summed E-state index contributed by atoms with van der Waals surface area (Å²) >= 11 is 1.35. The molecule has 98 valence electrons. The number of aromatic nitrogens is 2. The van der Waals surface area contributed by atoms with Crippen molar-refractivity contribution in [2.45, 2.75) is 43.8 Å². The molecule has 4 nitrogen and oxygen atoms in total. The van der Waals surface area contributed by atoms with E-state index in [0.29, 0.717) is 6.04 Å². The van der Waals surface area contributed by atoms with Crippen LogP contribution in [0.15, 0.2) is 11.4 Å². The zero-order chi connectivity index (χ0) is 12.7. The fourth-order valence-electron chi connectivity index (χ4n) is 2.66. The van der Waals surface area contributed by atoms with Gasteiger partial charge < -0.3 is 9.67 Å². The smallest absolute Gasteiger partial charge is 0.313 e. The van der Waals surface area contributed by atoms with Crippen molar-refractivity contribution in [3.8, 4) is 0 Å². The highest BCUT2D eigenvalue weighted by atomic mass is 32.2. The van der Waals surface area contributed by atoms with E-state index < -0.39 is 5.97 Å². The second-order valence-electron chi connectivity index (χ2n) is 5.42. The van der Waals surface area contributed by atoms with Gasteiger partial charge in [-0.2, -0.15) is 0 Å². The summed E-state index contributed by atoms with van der Waals surface area (Å²) < 4.78 is 2.26. The maximum Gasteiger partial charge on any atom is 0.313 e. The molecule has 2 saturated carbocycles. The van der Waals surface area contributed by atoms with E-state index in [9.17, 15) is 4.79 Å². The highest BCUT2D eigenvalue weighted by Crippen LogP contribution is 2.52. The zero-order valence-electron chi connectivity index (χ0n) is 10.5. The zero-order valence-corrected chi connectivity index (χ0v) is 11.3. The second kappa shape index (κ2) is 4.61. The van der Waals surface area contributed by atoms with Gasteiger partial charge in [0.2, 0.25) is 0 Å². The summed E-state index contributed by atoms with van der Waals surface area (Å²) in [6.45, 7) is 1.98. The fraction of sp³-hybridized carbons (Fsp3) is 0.692. The molecule has 0 aliphatic heterocycles. The Kier molecular flexibility index (Phi) is 3.09. The molecular weight excluding hydrogens is 248 g/mol. The normalized spacial score (nSPS) is 19.4. The predicted molar refractivity (Wildman–Crippen MR) is 69.8 cm³/mol. The van der Waals surface area contributed by atoms with Gasteiger partial charge in [-0.1, -0.05) is 11.8 Å². The van der Waals surface area contributed by atoms with Crippen LogP contribution >= 0.6 is 11.8 Å². The molecule has 1 aromatic heterocycles. The maximum atomic E-state index is 10.7. The van der Waals surface area contributed by atoms with Crippen molar-refractivity contribution in [2.24, 2.45) is 11.8 Å². The number of hydrogen-bond acceptors (Lipinski definition) is 3. The Morgan fingerprint density at radius 3 is 2.61 bits per heavy atom. The van der Waals surface area contributed by atoms with E-state index in [1.807, 2.05) is 6.92 Å². The molecule has 2 aliphatic rings. The van der Waals surface area contributed by atoms with Crippen LogP contribution in [0.25, 0.3) is 0 Å². The van der Waals surface area contributed by atoms with E-state index in [-0.39, 0.29) is 5.75 Å². The van der Waals surface area contributed by atoms with Crippen LogP contribution in [-0.4, -0.2) is 26.4 Å². The molecule has 0 bridgehead atoms. The van der Waals surface area contributed by atoms with Crippen molar-refractivity contribution < 1.29 is 9.90 Å². The van der Waals surface area contributed by atoms with Gasteiger partial charge in [0.15, 0.2) is 5.16 Å². The van der Waals surface area contributed by atoms with E-state index in [1.54, 1.807) is 0 Å². The summed E-state index contributed by atoms with van der Waals surface area (Å²) in [4.78, 5) is 15.2. The van der Waals surface area contributed by atoms with Gasteiger partial charge >= 0.3 is 5.97 Å². The molecule has 1 N–H and O–H groups in total. The third kappa shape index (κ3) is 2.55. The molecule has 0 saturated heterocycles. The van der Waals surface area contributed by atoms with E-state index in [2.05, 4.69) is 15.7 Å². The number of rotatable bonds is 6. The topological polar surface area (TPSA) is 55.1 Å². The van der Waals surface area contributed by atoms with Crippen LogP contribution in [0.1, 0.15) is 37.4 Å². The Morgan fingerprint density at radius 1 is 1.50 bits per heavy atom. The van der Waals surface area contributed by atoms with Crippen molar-refractivity contribution >= 4 is 17.7 Å². The van der Waals surface area contributed by atoms with Crippen molar-refractivity contribution in [3.05, 3.63) is 11.9 Å². The van der Waals surface area contributed by atoms with Gasteiger partial charge in [-0.15, -0.1) is 0 Å². The van der Waals surface area contributed by atoms with Crippen LogP contribution in [0, 0.1) is 18.8 Å². The molecule has 3 rings (SSSR count). The van der Waals surface area contributed by atoms with E-state index in [1.165, 1.54) is 37.4 Å². The molecule has 5 heteroatoms. The van der Waals surface area contributed by atoms with Gasteiger partial charge in [0.25, 0.3) is 0 Å². The third-order valence-corrected chi connectivity index (χ3v) is 4.63. The standard InChI is InChI=1S/C13H18N2O2S/c1-8-6-15(13(14-8)18-7-11(16)17)12(9-2-3-9)10-4-5-10/h6,9-10,12H,2-5,7H2,1H3,(H,16,17). The fourth-order valence-corrected chi connectivity index (χ4v) is 3.44. The van der Waals surface area contributed by atoms with Crippen LogP contribution in [0.2, 0.25) is 0 Å². The molecule has 0 unspecified atom stereocenters. The molecule has 0 aromatic carbocycles. The van der Waals surface area contributed by atoms with Gasteiger partial charge in [0.05, 0.1) is 11.4 Å². The largest absolute Gasteiger partial charge is 0.481 e. The first-order valence-corrected chi connectivity index (χ1v) is 7.54. The quantitative estimate of drug-likeness (QED) is 0.804. The Hall–Kier alpha value is -0.970. The van der Waals surface area contributed by atoms with E-state index in [4.69, 9.17) is 5.11 Å². The van der Waals surface area contributed by atoms with Crippen molar-refractivity contribution in [1.82, 2.24) is 9.55 Å². The summed E-state index contributed by atoms with van der Waals surface area (Å²) in [7, 11) is 0. The van der Waals surface area contributed by atoms with E-state index in [0.717, 1.165) is 22.7 Å². The van der Waals surface area contributed by atoms with Crippen molar-refractivity contribution in [2.75, 3.05) is 5.75 Å². The van der Waals surface area contributed by atoms with Gasteiger partial charge in [-0.25, -0.2) is 4.98 Å². The molecule has 0 radical (unpaired) electrons. The van der Waals surface area contributed by atoms with E-state index >= 15 is 0 Å². The first-order valence-electron chi connectivity index (χ1n) is 6.55. The Bertz CT molecular complexity index is 452. The SMILES string of the molecule is Cc1cn(C(C2CC2)C2CC2)c(SCC(=O)O)n1.